The SMILES string of the molecule is C=CCN(C(=O)Cc1ccccc1[N+](=O)[O-])C1CCS(=O)(=O)C1. The van der Waals surface area contributed by atoms with Gasteiger partial charge in [-0.3, -0.25) is 14.9 Å². The van der Waals surface area contributed by atoms with Gasteiger partial charge in [-0.1, -0.05) is 24.3 Å². The predicted octanol–water partition coefficient (Wildman–Crippen LogP) is 1.34. The number of nitrogens with zero attached hydrogens (tertiary/aromatic N) is 2. The zero-order valence-electron chi connectivity index (χ0n) is 12.6. The van der Waals surface area contributed by atoms with Crippen LogP contribution >= 0.6 is 0 Å². The molecule has 1 aliphatic heterocycles. The normalized spacial score (nSPS) is 19.2. The van der Waals surface area contributed by atoms with Crippen molar-refractivity contribution in [3.8, 4) is 0 Å². The molecule has 8 heteroatoms. The summed E-state index contributed by atoms with van der Waals surface area (Å²) in [6, 6.07) is 5.66. The Labute approximate surface area is 134 Å². The highest BCUT2D eigenvalue weighted by Gasteiger charge is 2.34. The van der Waals surface area contributed by atoms with Crippen LogP contribution < -0.4 is 0 Å². The van der Waals surface area contributed by atoms with Crippen molar-refractivity contribution < 1.29 is 18.1 Å². The molecule has 1 unspecified atom stereocenters. The third-order valence-corrected chi connectivity index (χ3v) is 5.58. The summed E-state index contributed by atoms with van der Waals surface area (Å²) < 4.78 is 23.2. The molecule has 2 rings (SSSR count). The van der Waals surface area contributed by atoms with Crippen LogP contribution in [0.25, 0.3) is 0 Å². The maximum atomic E-state index is 12.5. The Morgan fingerprint density at radius 1 is 1.43 bits per heavy atom. The van der Waals surface area contributed by atoms with Gasteiger partial charge in [0.2, 0.25) is 5.91 Å². The number of sulfone groups is 1. The number of carbonyl (C=O) groups is 1. The van der Waals surface area contributed by atoms with Crippen molar-refractivity contribution in [3.05, 3.63) is 52.6 Å². The van der Waals surface area contributed by atoms with Gasteiger partial charge in [0.1, 0.15) is 0 Å². The van der Waals surface area contributed by atoms with Crippen LogP contribution in [0.3, 0.4) is 0 Å². The molecular formula is C15H18N2O5S. The lowest BCUT2D eigenvalue weighted by atomic mass is 10.1. The minimum Gasteiger partial charge on any atom is -0.335 e. The summed E-state index contributed by atoms with van der Waals surface area (Å²) in [5.41, 5.74) is 0.205. The van der Waals surface area contributed by atoms with Gasteiger partial charge < -0.3 is 4.90 Å². The molecule has 0 aromatic heterocycles. The molecule has 0 radical (unpaired) electrons. The summed E-state index contributed by atoms with van der Waals surface area (Å²) in [5, 5.41) is 11.0. The number of benzene rings is 1. The Bertz CT molecular complexity index is 729. The molecule has 1 fully saturated rings. The molecule has 124 valence electrons. The van der Waals surface area contributed by atoms with E-state index in [1.807, 2.05) is 0 Å². The van der Waals surface area contributed by atoms with Crippen LogP contribution in [-0.4, -0.2) is 48.2 Å². The lowest BCUT2D eigenvalue weighted by Crippen LogP contribution is -2.42. The molecule has 0 N–H and O–H groups in total. The lowest BCUT2D eigenvalue weighted by molar-refractivity contribution is -0.385. The van der Waals surface area contributed by atoms with Crippen LogP contribution in [-0.2, 0) is 21.1 Å². The number of nitro benzene ring substituents is 1. The topological polar surface area (TPSA) is 97.6 Å². The van der Waals surface area contributed by atoms with Crippen LogP contribution in [0.4, 0.5) is 5.69 Å². The van der Waals surface area contributed by atoms with E-state index >= 15 is 0 Å². The monoisotopic (exact) mass is 338 g/mol. The molecule has 1 heterocycles. The van der Waals surface area contributed by atoms with Gasteiger partial charge in [0, 0.05) is 24.2 Å². The number of hydrogen-bond donors (Lipinski definition) is 0. The third-order valence-electron chi connectivity index (χ3n) is 3.83. The summed E-state index contributed by atoms with van der Waals surface area (Å²) in [5.74, 6) is -0.339. The van der Waals surface area contributed by atoms with Crippen molar-refractivity contribution in [2.75, 3.05) is 18.1 Å². The minimum absolute atomic E-state index is 0.0596. The van der Waals surface area contributed by atoms with Gasteiger partial charge in [-0.25, -0.2) is 8.42 Å². The number of hydrogen-bond acceptors (Lipinski definition) is 5. The van der Waals surface area contributed by atoms with E-state index in [1.165, 1.54) is 29.2 Å². The van der Waals surface area contributed by atoms with Crippen LogP contribution in [0.2, 0.25) is 0 Å². The summed E-state index contributed by atoms with van der Waals surface area (Å²) in [6.45, 7) is 3.81. The fourth-order valence-corrected chi connectivity index (χ4v) is 4.45. The van der Waals surface area contributed by atoms with E-state index in [1.54, 1.807) is 6.07 Å². The van der Waals surface area contributed by atoms with Crippen molar-refractivity contribution in [3.63, 3.8) is 0 Å². The van der Waals surface area contributed by atoms with Crippen molar-refractivity contribution >= 4 is 21.4 Å². The highest BCUT2D eigenvalue weighted by atomic mass is 32.2. The van der Waals surface area contributed by atoms with E-state index in [9.17, 15) is 23.3 Å². The number of amides is 1. The number of carbonyl (C=O) groups excluding carboxylic acids is 1. The molecule has 1 aromatic rings. The fourth-order valence-electron chi connectivity index (χ4n) is 2.72. The zero-order valence-corrected chi connectivity index (χ0v) is 13.4. The molecule has 1 aliphatic rings. The largest absolute Gasteiger partial charge is 0.335 e. The summed E-state index contributed by atoms with van der Waals surface area (Å²) in [4.78, 5) is 24.5. The fraction of sp³-hybridized carbons (Fsp3) is 0.400. The van der Waals surface area contributed by atoms with E-state index in [0.29, 0.717) is 12.0 Å². The zero-order chi connectivity index (χ0) is 17.0. The van der Waals surface area contributed by atoms with E-state index in [4.69, 9.17) is 0 Å². The molecule has 1 atom stereocenters. The summed E-state index contributed by atoms with van der Waals surface area (Å²) >= 11 is 0. The predicted molar refractivity (Wildman–Crippen MR) is 85.8 cm³/mol. The van der Waals surface area contributed by atoms with Crippen LogP contribution in [0.1, 0.15) is 12.0 Å². The number of nitro groups is 1. The second kappa shape index (κ2) is 6.91. The smallest absolute Gasteiger partial charge is 0.273 e. The highest BCUT2D eigenvalue weighted by molar-refractivity contribution is 7.91. The Balaban J connectivity index is 2.19. The van der Waals surface area contributed by atoms with Gasteiger partial charge >= 0.3 is 0 Å². The Kier molecular flexibility index (Phi) is 5.15. The van der Waals surface area contributed by atoms with E-state index in [-0.39, 0.29) is 36.1 Å². The summed E-state index contributed by atoms with van der Waals surface area (Å²) in [7, 11) is -3.12. The Morgan fingerprint density at radius 3 is 2.70 bits per heavy atom. The molecule has 0 aliphatic carbocycles. The van der Waals surface area contributed by atoms with Gasteiger partial charge in [-0.05, 0) is 6.42 Å². The van der Waals surface area contributed by atoms with Gasteiger partial charge in [0.05, 0.1) is 22.8 Å². The first kappa shape index (κ1) is 17.1. The Morgan fingerprint density at radius 2 is 2.13 bits per heavy atom. The second-order valence-electron chi connectivity index (χ2n) is 5.45. The van der Waals surface area contributed by atoms with Crippen molar-refractivity contribution in [1.29, 1.82) is 0 Å². The van der Waals surface area contributed by atoms with Crippen LogP contribution in [0.5, 0.6) is 0 Å². The van der Waals surface area contributed by atoms with Crippen molar-refractivity contribution in [2.24, 2.45) is 0 Å². The van der Waals surface area contributed by atoms with Crippen molar-refractivity contribution in [2.45, 2.75) is 18.9 Å². The van der Waals surface area contributed by atoms with E-state index in [2.05, 4.69) is 6.58 Å². The molecule has 23 heavy (non-hydrogen) atoms. The third kappa shape index (κ3) is 4.16. The molecule has 1 saturated heterocycles. The quantitative estimate of drug-likeness (QED) is 0.443. The first-order chi connectivity index (χ1) is 10.8. The first-order valence-corrected chi connectivity index (χ1v) is 8.99. The number of rotatable bonds is 6. The van der Waals surface area contributed by atoms with Crippen LogP contribution in [0.15, 0.2) is 36.9 Å². The highest BCUT2D eigenvalue weighted by Crippen LogP contribution is 2.22. The molecule has 0 saturated carbocycles. The van der Waals surface area contributed by atoms with Gasteiger partial charge in [0.25, 0.3) is 5.69 Å². The van der Waals surface area contributed by atoms with Crippen molar-refractivity contribution in [1.82, 2.24) is 4.90 Å². The van der Waals surface area contributed by atoms with Gasteiger partial charge in [0.15, 0.2) is 9.84 Å². The average molecular weight is 338 g/mol. The average Bonchev–Trinajstić information content (AvgIpc) is 2.84. The second-order valence-corrected chi connectivity index (χ2v) is 7.68. The molecule has 0 bridgehead atoms. The molecule has 1 amide bonds. The minimum atomic E-state index is -3.12. The first-order valence-electron chi connectivity index (χ1n) is 7.17. The molecule has 1 aromatic carbocycles. The van der Waals surface area contributed by atoms with E-state index < -0.39 is 20.8 Å². The molecular weight excluding hydrogens is 320 g/mol. The Hall–Kier alpha value is -2.22. The standard InChI is InChI=1S/C15H18N2O5S/c1-2-8-16(13-7-9-23(21,22)11-13)15(18)10-12-5-3-4-6-14(12)17(19)20/h2-6,13H,1,7-11H2. The van der Waals surface area contributed by atoms with E-state index in [0.717, 1.165) is 0 Å². The molecule has 0 spiro atoms. The maximum Gasteiger partial charge on any atom is 0.273 e. The van der Waals surface area contributed by atoms with Crippen LogP contribution in [0, 0.1) is 10.1 Å². The summed E-state index contributed by atoms with van der Waals surface area (Å²) in [6.07, 6.45) is 1.78. The maximum absolute atomic E-state index is 12.5. The number of para-hydroxylation sites is 1. The molecule has 7 nitrogen and oxygen atoms in total. The van der Waals surface area contributed by atoms with Gasteiger partial charge in [-0.2, -0.15) is 0 Å². The van der Waals surface area contributed by atoms with Gasteiger partial charge in [-0.15, -0.1) is 6.58 Å². The lowest BCUT2D eigenvalue weighted by Gasteiger charge is -2.27.